The van der Waals surface area contributed by atoms with Crippen LogP contribution in [-0.4, -0.2) is 50.2 Å². The minimum atomic E-state index is 0.00776. The summed E-state index contributed by atoms with van der Waals surface area (Å²) >= 11 is 1.44. The molecule has 23 heavy (non-hydrogen) atoms. The van der Waals surface area contributed by atoms with Crippen molar-refractivity contribution in [1.29, 1.82) is 0 Å². The van der Waals surface area contributed by atoms with Crippen LogP contribution in [0.1, 0.15) is 24.5 Å². The first kappa shape index (κ1) is 16.1. The molecule has 0 spiro atoms. The average molecular weight is 334 g/mol. The van der Waals surface area contributed by atoms with Crippen LogP contribution in [0.4, 0.5) is 5.13 Å². The highest BCUT2D eigenvalue weighted by Gasteiger charge is 2.23. The van der Waals surface area contributed by atoms with E-state index in [2.05, 4.69) is 25.3 Å². The molecule has 0 aliphatic carbocycles. The molecule has 0 radical (unpaired) electrons. The Morgan fingerprint density at radius 1 is 1.48 bits per heavy atom. The third kappa shape index (κ3) is 4.35. The van der Waals surface area contributed by atoms with E-state index in [1.807, 2.05) is 23.9 Å². The molecular weight excluding hydrogens is 312 g/mol. The van der Waals surface area contributed by atoms with Crippen LogP contribution in [0.2, 0.25) is 0 Å². The Morgan fingerprint density at radius 2 is 2.35 bits per heavy atom. The number of piperidine rings is 1. The summed E-state index contributed by atoms with van der Waals surface area (Å²) in [6.45, 7) is 7.09. The standard InChI is InChI=1S/C15H22N6OS/c1-11-17-12(2)21(19-11)9-13-4-3-6-20(8-13)10-14(22)18-15-16-5-7-23-15/h5,7,13H,3-4,6,8-10H2,1-2H3,(H,16,18,22)/t13-/m0/s1. The lowest BCUT2D eigenvalue weighted by molar-refractivity contribution is -0.117. The second-order valence-corrected chi connectivity index (χ2v) is 6.91. The highest BCUT2D eigenvalue weighted by molar-refractivity contribution is 7.13. The van der Waals surface area contributed by atoms with Crippen LogP contribution in [0.5, 0.6) is 0 Å². The molecule has 124 valence electrons. The number of hydrogen-bond donors (Lipinski definition) is 1. The number of nitrogens with one attached hydrogen (secondary N) is 1. The Kier molecular flexibility index (Phi) is 5.02. The van der Waals surface area contributed by atoms with E-state index in [9.17, 15) is 4.79 Å². The molecule has 1 atom stereocenters. The zero-order valence-corrected chi connectivity index (χ0v) is 14.3. The van der Waals surface area contributed by atoms with E-state index in [1.54, 1.807) is 6.20 Å². The number of rotatable bonds is 5. The first-order valence-corrected chi connectivity index (χ1v) is 8.78. The number of carbonyl (C=O) groups is 1. The Bertz CT molecular complexity index is 653. The fraction of sp³-hybridized carbons (Fsp3) is 0.600. The smallest absolute Gasteiger partial charge is 0.240 e. The largest absolute Gasteiger partial charge is 0.301 e. The number of hydrogen-bond acceptors (Lipinski definition) is 6. The monoisotopic (exact) mass is 334 g/mol. The van der Waals surface area contributed by atoms with Gasteiger partial charge in [0.25, 0.3) is 0 Å². The lowest BCUT2D eigenvalue weighted by atomic mass is 9.98. The predicted octanol–water partition coefficient (Wildman–Crippen LogP) is 1.70. The molecule has 1 fully saturated rings. The van der Waals surface area contributed by atoms with E-state index in [4.69, 9.17) is 0 Å². The molecule has 2 aromatic heterocycles. The molecule has 3 rings (SSSR count). The molecule has 1 aliphatic heterocycles. The topological polar surface area (TPSA) is 75.9 Å². The first-order chi connectivity index (χ1) is 11.1. The number of anilines is 1. The molecule has 0 saturated carbocycles. The second kappa shape index (κ2) is 7.18. The Balaban J connectivity index is 1.51. The number of carbonyl (C=O) groups excluding carboxylic acids is 1. The minimum absolute atomic E-state index is 0.00776. The van der Waals surface area contributed by atoms with Crippen molar-refractivity contribution in [1.82, 2.24) is 24.6 Å². The molecule has 1 N–H and O–H groups in total. The van der Waals surface area contributed by atoms with Gasteiger partial charge in [0.2, 0.25) is 5.91 Å². The van der Waals surface area contributed by atoms with Crippen molar-refractivity contribution in [3.63, 3.8) is 0 Å². The maximum atomic E-state index is 12.1. The van der Waals surface area contributed by atoms with Crippen molar-refractivity contribution >= 4 is 22.4 Å². The van der Waals surface area contributed by atoms with Crippen LogP contribution in [0.3, 0.4) is 0 Å². The maximum absolute atomic E-state index is 12.1. The third-order valence-corrected chi connectivity index (χ3v) is 4.73. The van der Waals surface area contributed by atoms with Crippen LogP contribution >= 0.6 is 11.3 Å². The van der Waals surface area contributed by atoms with E-state index in [0.717, 1.165) is 37.7 Å². The number of nitrogens with zero attached hydrogens (tertiary/aromatic N) is 5. The fourth-order valence-electron chi connectivity index (χ4n) is 3.07. The van der Waals surface area contributed by atoms with Crippen LogP contribution in [0.15, 0.2) is 11.6 Å². The summed E-state index contributed by atoms with van der Waals surface area (Å²) in [6.07, 6.45) is 3.98. The van der Waals surface area contributed by atoms with Crippen molar-refractivity contribution in [3.05, 3.63) is 23.2 Å². The van der Waals surface area contributed by atoms with E-state index < -0.39 is 0 Å². The van der Waals surface area contributed by atoms with Crippen LogP contribution in [-0.2, 0) is 11.3 Å². The highest BCUT2D eigenvalue weighted by atomic mass is 32.1. The SMILES string of the molecule is Cc1nc(C)n(C[C@H]2CCCN(CC(=O)Nc3nccs3)C2)n1. The minimum Gasteiger partial charge on any atom is -0.301 e. The van der Waals surface area contributed by atoms with Gasteiger partial charge in [-0.05, 0) is 39.2 Å². The van der Waals surface area contributed by atoms with Gasteiger partial charge in [0.15, 0.2) is 5.13 Å². The molecule has 3 heterocycles. The maximum Gasteiger partial charge on any atom is 0.240 e. The molecule has 8 heteroatoms. The van der Waals surface area contributed by atoms with Gasteiger partial charge in [0.1, 0.15) is 11.6 Å². The van der Waals surface area contributed by atoms with E-state index in [-0.39, 0.29) is 5.91 Å². The number of thiazole rings is 1. The number of aromatic nitrogens is 4. The zero-order valence-electron chi connectivity index (χ0n) is 13.5. The normalized spacial score (nSPS) is 19.0. The summed E-state index contributed by atoms with van der Waals surface area (Å²) in [4.78, 5) is 22.7. The number of amides is 1. The predicted molar refractivity (Wildman–Crippen MR) is 89.4 cm³/mol. The molecule has 0 aromatic carbocycles. The summed E-state index contributed by atoms with van der Waals surface area (Å²) < 4.78 is 1.99. The Hall–Kier alpha value is -1.80. The Labute approximate surface area is 139 Å². The van der Waals surface area contributed by atoms with E-state index in [0.29, 0.717) is 17.6 Å². The van der Waals surface area contributed by atoms with Gasteiger partial charge in [0, 0.05) is 24.7 Å². The summed E-state index contributed by atoms with van der Waals surface area (Å²) in [5, 5.41) is 9.81. The van der Waals surface area contributed by atoms with Crippen molar-refractivity contribution in [2.45, 2.75) is 33.2 Å². The van der Waals surface area contributed by atoms with Gasteiger partial charge in [-0.15, -0.1) is 11.3 Å². The molecular formula is C15H22N6OS. The average Bonchev–Trinajstić information content (AvgIpc) is 3.09. The molecule has 2 aromatic rings. The highest BCUT2D eigenvalue weighted by Crippen LogP contribution is 2.19. The number of aryl methyl sites for hydroxylation is 2. The van der Waals surface area contributed by atoms with Gasteiger partial charge in [0.05, 0.1) is 6.54 Å². The van der Waals surface area contributed by atoms with Crippen LogP contribution < -0.4 is 5.32 Å². The van der Waals surface area contributed by atoms with Gasteiger partial charge in [-0.1, -0.05) is 0 Å². The van der Waals surface area contributed by atoms with Gasteiger partial charge >= 0.3 is 0 Å². The lowest BCUT2D eigenvalue weighted by Gasteiger charge is -2.32. The lowest BCUT2D eigenvalue weighted by Crippen LogP contribution is -2.41. The molecule has 1 amide bonds. The zero-order chi connectivity index (χ0) is 16.2. The van der Waals surface area contributed by atoms with Crippen molar-refractivity contribution in [2.24, 2.45) is 5.92 Å². The Morgan fingerprint density at radius 3 is 3.04 bits per heavy atom. The van der Waals surface area contributed by atoms with Gasteiger partial charge < -0.3 is 5.32 Å². The van der Waals surface area contributed by atoms with Crippen molar-refractivity contribution in [3.8, 4) is 0 Å². The summed E-state index contributed by atoms with van der Waals surface area (Å²) in [5.41, 5.74) is 0. The number of likely N-dealkylation sites (tertiary alicyclic amines) is 1. The van der Waals surface area contributed by atoms with E-state index in [1.165, 1.54) is 17.8 Å². The second-order valence-electron chi connectivity index (χ2n) is 6.02. The van der Waals surface area contributed by atoms with Crippen molar-refractivity contribution in [2.75, 3.05) is 25.0 Å². The van der Waals surface area contributed by atoms with Crippen LogP contribution in [0.25, 0.3) is 0 Å². The molecule has 1 saturated heterocycles. The van der Waals surface area contributed by atoms with Gasteiger partial charge in [-0.3, -0.25) is 9.69 Å². The summed E-state index contributed by atoms with van der Waals surface area (Å²) in [5.74, 6) is 2.30. The quantitative estimate of drug-likeness (QED) is 0.901. The van der Waals surface area contributed by atoms with Crippen molar-refractivity contribution < 1.29 is 4.79 Å². The third-order valence-electron chi connectivity index (χ3n) is 4.04. The fourth-order valence-corrected chi connectivity index (χ4v) is 3.61. The summed E-state index contributed by atoms with van der Waals surface area (Å²) in [6, 6.07) is 0. The van der Waals surface area contributed by atoms with Gasteiger partial charge in [-0.25, -0.2) is 14.6 Å². The molecule has 0 bridgehead atoms. The first-order valence-electron chi connectivity index (χ1n) is 7.90. The van der Waals surface area contributed by atoms with E-state index >= 15 is 0 Å². The van der Waals surface area contributed by atoms with Gasteiger partial charge in [-0.2, -0.15) is 5.10 Å². The van der Waals surface area contributed by atoms with Crippen LogP contribution in [0, 0.1) is 19.8 Å². The summed E-state index contributed by atoms with van der Waals surface area (Å²) in [7, 11) is 0. The molecule has 0 unspecified atom stereocenters. The molecule has 7 nitrogen and oxygen atoms in total. The molecule has 1 aliphatic rings.